The predicted molar refractivity (Wildman–Crippen MR) is 253 cm³/mol. The average molecular weight is 838 g/mol. The van der Waals surface area contributed by atoms with E-state index in [-0.39, 0.29) is 31.0 Å². The highest BCUT2D eigenvalue weighted by molar-refractivity contribution is 7.99. The van der Waals surface area contributed by atoms with Crippen molar-refractivity contribution in [1.29, 1.82) is 0 Å². The maximum Gasteiger partial charge on any atom is 0.306 e. The third-order valence-electron chi connectivity index (χ3n) is 11.6. The molecular weight excluding hydrogens is 739 g/mol. The molecular formula is C51H99NO5S. The molecule has 0 spiro atoms. The summed E-state index contributed by atoms with van der Waals surface area (Å²) in [7, 11) is 0. The van der Waals surface area contributed by atoms with Crippen molar-refractivity contribution < 1.29 is 23.9 Å². The van der Waals surface area contributed by atoms with E-state index in [1.165, 1.54) is 199 Å². The maximum absolute atomic E-state index is 12.8. The van der Waals surface area contributed by atoms with Gasteiger partial charge in [0.05, 0.1) is 12.3 Å². The molecule has 0 bridgehead atoms. The Balaban J connectivity index is 4.31. The number of rotatable bonds is 48. The molecule has 1 unspecified atom stereocenters. The van der Waals surface area contributed by atoms with E-state index in [0.717, 1.165) is 50.7 Å². The summed E-state index contributed by atoms with van der Waals surface area (Å²) in [6, 6.07) is 0. The molecule has 0 aliphatic carbocycles. The molecule has 6 nitrogen and oxygen atoms in total. The van der Waals surface area contributed by atoms with Crippen LogP contribution >= 0.6 is 11.8 Å². The highest BCUT2D eigenvalue weighted by Crippen LogP contribution is 2.16. The van der Waals surface area contributed by atoms with Crippen LogP contribution in [0.15, 0.2) is 0 Å². The summed E-state index contributed by atoms with van der Waals surface area (Å²) in [5.41, 5.74) is 0. The van der Waals surface area contributed by atoms with Gasteiger partial charge in [0.1, 0.15) is 6.61 Å². The predicted octanol–water partition coefficient (Wildman–Crippen LogP) is 16.0. The molecule has 1 atom stereocenters. The fourth-order valence-electron chi connectivity index (χ4n) is 7.70. The average Bonchev–Trinajstić information content (AvgIpc) is 3.22. The molecule has 1 amide bonds. The van der Waals surface area contributed by atoms with Gasteiger partial charge >= 0.3 is 11.9 Å². The van der Waals surface area contributed by atoms with Crippen molar-refractivity contribution in [2.45, 2.75) is 284 Å². The van der Waals surface area contributed by atoms with E-state index in [2.05, 4.69) is 26.1 Å². The van der Waals surface area contributed by atoms with Crippen LogP contribution in [0.4, 0.5) is 0 Å². The number of amides is 1. The van der Waals surface area contributed by atoms with E-state index >= 15 is 0 Å². The SMILES string of the molecule is CCCCCCCCCCCCCCCC(=O)OCC(CNC(=O)CSCCCCCCCCCCCCCC)OC(=O)CCCCCCCCCCCCCCC. The van der Waals surface area contributed by atoms with Crippen molar-refractivity contribution in [2.24, 2.45) is 0 Å². The van der Waals surface area contributed by atoms with Gasteiger partial charge in [0.15, 0.2) is 6.10 Å². The minimum Gasteiger partial charge on any atom is -0.462 e. The summed E-state index contributed by atoms with van der Waals surface area (Å²) < 4.78 is 11.4. The standard InChI is InChI=1S/C51H99NO5S/c1-4-7-10-13-16-19-22-25-27-30-33-36-39-42-50(54)56-46-48(57-51(55)43-40-37-34-31-28-26-23-20-17-14-11-8-5-2)45-52-49(53)47-58-44-41-38-35-32-29-24-21-18-15-12-9-6-3/h48H,4-47H2,1-3H3,(H,52,53). The quantitative estimate of drug-likeness (QED) is 0.0486. The third-order valence-corrected chi connectivity index (χ3v) is 12.6. The van der Waals surface area contributed by atoms with Gasteiger partial charge < -0.3 is 14.8 Å². The van der Waals surface area contributed by atoms with Gasteiger partial charge in [-0.15, -0.1) is 0 Å². The Morgan fingerprint density at radius 1 is 0.414 bits per heavy atom. The summed E-state index contributed by atoms with van der Waals surface area (Å²) in [5.74, 6) is 0.816. The maximum atomic E-state index is 12.8. The van der Waals surface area contributed by atoms with Gasteiger partial charge in [-0.1, -0.05) is 245 Å². The van der Waals surface area contributed by atoms with Crippen molar-refractivity contribution in [2.75, 3.05) is 24.7 Å². The fourth-order valence-corrected chi connectivity index (χ4v) is 8.54. The first kappa shape index (κ1) is 56.8. The first-order valence-corrected chi connectivity index (χ1v) is 26.9. The fraction of sp³-hybridized carbons (Fsp3) is 0.941. The Morgan fingerprint density at radius 3 is 1.09 bits per heavy atom. The zero-order chi connectivity index (χ0) is 42.3. The monoisotopic (exact) mass is 838 g/mol. The van der Waals surface area contributed by atoms with Crippen LogP contribution in [0, 0.1) is 0 Å². The minimum absolute atomic E-state index is 0.00605. The highest BCUT2D eigenvalue weighted by atomic mass is 32.2. The lowest BCUT2D eigenvalue weighted by Crippen LogP contribution is -2.38. The Bertz CT molecular complexity index is 870. The van der Waals surface area contributed by atoms with Crippen molar-refractivity contribution in [3.63, 3.8) is 0 Å². The first-order valence-electron chi connectivity index (χ1n) is 25.7. The second kappa shape index (κ2) is 48.4. The second-order valence-electron chi connectivity index (χ2n) is 17.5. The molecule has 344 valence electrons. The van der Waals surface area contributed by atoms with Crippen molar-refractivity contribution in [3.05, 3.63) is 0 Å². The third kappa shape index (κ3) is 45.8. The van der Waals surface area contributed by atoms with E-state index in [1.54, 1.807) is 11.8 Å². The van der Waals surface area contributed by atoms with E-state index in [0.29, 0.717) is 18.6 Å². The van der Waals surface area contributed by atoms with Gasteiger partial charge in [-0.2, -0.15) is 11.8 Å². The molecule has 0 saturated heterocycles. The second-order valence-corrected chi connectivity index (χ2v) is 18.6. The summed E-state index contributed by atoms with van der Waals surface area (Å²) in [6.45, 7) is 6.98. The van der Waals surface area contributed by atoms with Gasteiger partial charge in [-0.3, -0.25) is 14.4 Å². The number of hydrogen-bond acceptors (Lipinski definition) is 6. The molecule has 58 heavy (non-hydrogen) atoms. The number of nitrogens with one attached hydrogen (secondary N) is 1. The molecule has 0 aromatic carbocycles. The number of carbonyl (C=O) groups is 3. The molecule has 0 radical (unpaired) electrons. The van der Waals surface area contributed by atoms with E-state index < -0.39 is 6.10 Å². The number of hydrogen-bond donors (Lipinski definition) is 1. The number of ether oxygens (including phenoxy) is 2. The van der Waals surface area contributed by atoms with Crippen molar-refractivity contribution in [1.82, 2.24) is 5.32 Å². The van der Waals surface area contributed by atoms with Gasteiger partial charge in [-0.05, 0) is 25.0 Å². The molecule has 1 N–H and O–H groups in total. The van der Waals surface area contributed by atoms with E-state index in [1.807, 2.05) is 0 Å². The Kier molecular flexibility index (Phi) is 47.4. The number of carbonyl (C=O) groups excluding carboxylic acids is 3. The topological polar surface area (TPSA) is 81.7 Å². The van der Waals surface area contributed by atoms with E-state index in [4.69, 9.17) is 9.47 Å². The Morgan fingerprint density at radius 2 is 0.724 bits per heavy atom. The van der Waals surface area contributed by atoms with Crippen LogP contribution in [0.5, 0.6) is 0 Å². The molecule has 0 aliphatic heterocycles. The summed E-state index contributed by atoms with van der Waals surface area (Å²) in [5, 5.41) is 2.94. The van der Waals surface area contributed by atoms with Crippen molar-refractivity contribution in [3.8, 4) is 0 Å². The van der Waals surface area contributed by atoms with Crippen LogP contribution in [0.1, 0.15) is 278 Å². The lowest BCUT2D eigenvalue weighted by molar-refractivity contribution is -0.159. The molecule has 0 heterocycles. The highest BCUT2D eigenvalue weighted by Gasteiger charge is 2.18. The van der Waals surface area contributed by atoms with Crippen LogP contribution in [0.25, 0.3) is 0 Å². The molecule has 0 saturated carbocycles. The largest absolute Gasteiger partial charge is 0.462 e. The molecule has 0 rings (SSSR count). The zero-order valence-electron chi connectivity index (χ0n) is 39.1. The summed E-state index contributed by atoms with van der Waals surface area (Å²) >= 11 is 1.67. The Hall–Kier alpha value is -1.24. The summed E-state index contributed by atoms with van der Waals surface area (Å²) in [4.78, 5) is 38.0. The minimum atomic E-state index is -0.657. The Labute approximate surface area is 365 Å². The van der Waals surface area contributed by atoms with Crippen LogP contribution in [-0.2, 0) is 23.9 Å². The number of esters is 2. The lowest BCUT2D eigenvalue weighted by Gasteiger charge is -2.19. The summed E-state index contributed by atoms with van der Waals surface area (Å²) in [6.07, 6.45) is 48.9. The smallest absolute Gasteiger partial charge is 0.306 e. The van der Waals surface area contributed by atoms with Gasteiger partial charge in [0, 0.05) is 12.8 Å². The lowest BCUT2D eigenvalue weighted by atomic mass is 10.0. The van der Waals surface area contributed by atoms with Crippen LogP contribution in [0.3, 0.4) is 0 Å². The molecule has 7 heteroatoms. The molecule has 0 aliphatic rings. The van der Waals surface area contributed by atoms with Crippen LogP contribution in [-0.4, -0.2) is 48.6 Å². The molecule has 0 fully saturated rings. The molecule has 0 aromatic heterocycles. The van der Waals surface area contributed by atoms with Gasteiger partial charge in [0.25, 0.3) is 0 Å². The number of thioether (sulfide) groups is 1. The first-order chi connectivity index (χ1) is 28.5. The van der Waals surface area contributed by atoms with Gasteiger partial charge in [-0.25, -0.2) is 0 Å². The zero-order valence-corrected chi connectivity index (χ0v) is 40.0. The normalized spacial score (nSPS) is 11.8. The van der Waals surface area contributed by atoms with Crippen molar-refractivity contribution >= 4 is 29.6 Å². The van der Waals surface area contributed by atoms with Crippen LogP contribution in [0.2, 0.25) is 0 Å². The van der Waals surface area contributed by atoms with Crippen LogP contribution < -0.4 is 5.32 Å². The molecule has 0 aromatic rings. The van der Waals surface area contributed by atoms with E-state index in [9.17, 15) is 14.4 Å². The number of unbranched alkanes of at least 4 members (excludes halogenated alkanes) is 35. The van der Waals surface area contributed by atoms with Gasteiger partial charge in [0.2, 0.25) is 5.91 Å².